The Kier molecular flexibility index (Phi) is 3.32. The highest BCUT2D eigenvalue weighted by Crippen LogP contribution is 2.31. The number of aromatic nitrogens is 1. The smallest absolute Gasteiger partial charge is 0.267 e. The molecule has 1 aromatic heterocycles. The van der Waals surface area contributed by atoms with Gasteiger partial charge in [-0.15, -0.1) is 0 Å². The molecule has 1 aromatic rings. The number of nitrogens with zero attached hydrogens (tertiary/aromatic N) is 1. The molecule has 4 nitrogen and oxygen atoms in total. The maximum Gasteiger partial charge on any atom is 0.267 e. The molecule has 0 aliphatic rings. The van der Waals surface area contributed by atoms with Gasteiger partial charge in [0.2, 0.25) is 0 Å². The Morgan fingerprint density at radius 2 is 2.14 bits per heavy atom. The van der Waals surface area contributed by atoms with E-state index in [2.05, 4.69) is 4.98 Å². The summed E-state index contributed by atoms with van der Waals surface area (Å²) < 4.78 is 24.9. The number of aromatic hydroxyl groups is 1. The van der Waals surface area contributed by atoms with E-state index in [0.29, 0.717) is 0 Å². The van der Waals surface area contributed by atoms with Crippen LogP contribution in [0.4, 0.5) is 8.78 Å². The lowest BCUT2D eigenvalue weighted by Gasteiger charge is -2.11. The Hall–Kier alpha value is -1.27. The van der Waals surface area contributed by atoms with E-state index in [4.69, 9.17) is 15.9 Å². The fourth-order valence-electron chi connectivity index (χ4n) is 1.20. The number of pyridine rings is 1. The second-order valence-electron chi connectivity index (χ2n) is 2.65. The molecule has 0 aromatic carbocycles. The monoisotopic (exact) mass is 204 g/mol. The first kappa shape index (κ1) is 10.8. The van der Waals surface area contributed by atoms with Crippen LogP contribution in [0.5, 0.6) is 5.75 Å². The standard InChI is InChI=1S/C8H10F2N2O2/c9-8(10)7-4(1-11)5(3-13)12-2-6(7)14/h2,8,13-14H,1,3,11H2. The molecule has 78 valence electrons. The highest BCUT2D eigenvalue weighted by atomic mass is 19.3. The summed E-state index contributed by atoms with van der Waals surface area (Å²) in [6.07, 6.45) is -1.95. The zero-order valence-corrected chi connectivity index (χ0v) is 7.24. The van der Waals surface area contributed by atoms with E-state index in [1.807, 2.05) is 0 Å². The number of nitrogens with two attached hydrogens (primary N) is 1. The van der Waals surface area contributed by atoms with Crippen LogP contribution in [0.25, 0.3) is 0 Å². The van der Waals surface area contributed by atoms with Crippen molar-refractivity contribution in [1.29, 1.82) is 0 Å². The van der Waals surface area contributed by atoms with Crippen LogP contribution in [0.1, 0.15) is 23.2 Å². The van der Waals surface area contributed by atoms with Crippen molar-refractivity contribution >= 4 is 0 Å². The maximum atomic E-state index is 12.5. The molecular formula is C8H10F2N2O2. The van der Waals surface area contributed by atoms with Gasteiger partial charge in [-0.3, -0.25) is 4.98 Å². The molecule has 14 heavy (non-hydrogen) atoms. The van der Waals surface area contributed by atoms with Gasteiger partial charge in [0, 0.05) is 12.1 Å². The van der Waals surface area contributed by atoms with Crippen LogP contribution in [0.3, 0.4) is 0 Å². The van der Waals surface area contributed by atoms with Crippen molar-refractivity contribution < 1.29 is 19.0 Å². The van der Waals surface area contributed by atoms with Gasteiger partial charge in [0.15, 0.2) is 0 Å². The zero-order chi connectivity index (χ0) is 10.7. The molecule has 4 N–H and O–H groups in total. The van der Waals surface area contributed by atoms with Gasteiger partial charge in [-0.2, -0.15) is 0 Å². The van der Waals surface area contributed by atoms with Gasteiger partial charge >= 0.3 is 0 Å². The molecule has 0 atom stereocenters. The summed E-state index contributed by atoms with van der Waals surface area (Å²) in [6.45, 7) is -0.677. The average Bonchev–Trinajstić information content (AvgIpc) is 2.16. The van der Waals surface area contributed by atoms with Crippen molar-refractivity contribution in [3.8, 4) is 5.75 Å². The van der Waals surface area contributed by atoms with Crippen LogP contribution >= 0.6 is 0 Å². The van der Waals surface area contributed by atoms with Crippen molar-refractivity contribution in [3.63, 3.8) is 0 Å². The molecule has 0 saturated heterocycles. The summed E-state index contributed by atoms with van der Waals surface area (Å²) in [5.74, 6) is -0.599. The quantitative estimate of drug-likeness (QED) is 0.676. The van der Waals surface area contributed by atoms with Crippen LogP contribution < -0.4 is 5.73 Å². The normalized spacial score (nSPS) is 10.9. The Labute approximate surface area is 79.0 Å². The summed E-state index contributed by atoms with van der Waals surface area (Å²) >= 11 is 0. The molecule has 0 radical (unpaired) electrons. The summed E-state index contributed by atoms with van der Waals surface area (Å²) in [7, 11) is 0. The van der Waals surface area contributed by atoms with Crippen LogP contribution in [0, 0.1) is 0 Å². The molecule has 6 heteroatoms. The van der Waals surface area contributed by atoms with Crippen LogP contribution in [0.15, 0.2) is 6.20 Å². The van der Waals surface area contributed by atoms with Crippen molar-refractivity contribution in [3.05, 3.63) is 23.0 Å². The van der Waals surface area contributed by atoms with Crippen molar-refractivity contribution in [2.75, 3.05) is 0 Å². The van der Waals surface area contributed by atoms with Crippen molar-refractivity contribution in [1.82, 2.24) is 4.98 Å². The Morgan fingerprint density at radius 3 is 2.57 bits per heavy atom. The molecule has 0 aliphatic carbocycles. The first-order chi connectivity index (χ1) is 6.61. The van der Waals surface area contributed by atoms with Gasteiger partial charge in [-0.1, -0.05) is 0 Å². The fraction of sp³-hybridized carbons (Fsp3) is 0.375. The number of hydrogen-bond acceptors (Lipinski definition) is 4. The molecule has 0 spiro atoms. The van der Waals surface area contributed by atoms with Gasteiger partial charge in [-0.25, -0.2) is 8.78 Å². The minimum absolute atomic E-state index is 0.00231. The van der Waals surface area contributed by atoms with Gasteiger partial charge < -0.3 is 15.9 Å². The largest absolute Gasteiger partial charge is 0.506 e. The molecule has 0 unspecified atom stereocenters. The molecule has 1 rings (SSSR count). The molecule has 0 amide bonds. The van der Waals surface area contributed by atoms with E-state index in [-0.39, 0.29) is 17.8 Å². The summed E-state index contributed by atoms with van der Waals surface area (Å²) in [5, 5.41) is 17.9. The lowest BCUT2D eigenvalue weighted by molar-refractivity contribution is 0.145. The van der Waals surface area contributed by atoms with E-state index < -0.39 is 24.3 Å². The molecule has 0 aliphatic heterocycles. The molecule has 0 fully saturated rings. The minimum atomic E-state index is -2.83. The maximum absolute atomic E-state index is 12.5. The number of aliphatic hydroxyl groups is 1. The van der Waals surface area contributed by atoms with E-state index >= 15 is 0 Å². The second-order valence-corrected chi connectivity index (χ2v) is 2.65. The van der Waals surface area contributed by atoms with Gasteiger partial charge in [0.25, 0.3) is 6.43 Å². The third-order valence-corrected chi connectivity index (χ3v) is 1.86. The van der Waals surface area contributed by atoms with Gasteiger partial charge in [0.05, 0.1) is 24.1 Å². The fourth-order valence-corrected chi connectivity index (χ4v) is 1.20. The minimum Gasteiger partial charge on any atom is -0.506 e. The number of aliphatic hydroxyl groups excluding tert-OH is 1. The molecule has 1 heterocycles. The summed E-state index contributed by atoms with van der Waals surface area (Å²) in [5.41, 5.74) is 4.76. The first-order valence-electron chi connectivity index (χ1n) is 3.90. The number of hydrogen-bond donors (Lipinski definition) is 3. The third-order valence-electron chi connectivity index (χ3n) is 1.86. The Balaban J connectivity index is 3.35. The van der Waals surface area contributed by atoms with E-state index in [0.717, 1.165) is 6.20 Å². The highest BCUT2D eigenvalue weighted by molar-refractivity contribution is 5.40. The van der Waals surface area contributed by atoms with E-state index in [1.165, 1.54) is 0 Å². The van der Waals surface area contributed by atoms with Crippen LogP contribution in [0.2, 0.25) is 0 Å². The van der Waals surface area contributed by atoms with Gasteiger partial charge in [0.1, 0.15) is 5.75 Å². The summed E-state index contributed by atoms with van der Waals surface area (Å²) in [4.78, 5) is 3.60. The Morgan fingerprint density at radius 1 is 1.50 bits per heavy atom. The molecule has 0 saturated carbocycles. The second kappa shape index (κ2) is 4.30. The zero-order valence-electron chi connectivity index (χ0n) is 7.24. The lowest BCUT2D eigenvalue weighted by atomic mass is 10.1. The average molecular weight is 204 g/mol. The van der Waals surface area contributed by atoms with Crippen molar-refractivity contribution in [2.24, 2.45) is 5.73 Å². The topological polar surface area (TPSA) is 79.4 Å². The molecular weight excluding hydrogens is 194 g/mol. The first-order valence-corrected chi connectivity index (χ1v) is 3.90. The lowest BCUT2D eigenvalue weighted by Crippen LogP contribution is -2.08. The van der Waals surface area contributed by atoms with Crippen LogP contribution in [-0.2, 0) is 13.2 Å². The van der Waals surface area contributed by atoms with E-state index in [9.17, 15) is 8.78 Å². The third kappa shape index (κ3) is 1.80. The van der Waals surface area contributed by atoms with Crippen molar-refractivity contribution in [2.45, 2.75) is 19.6 Å². The predicted molar refractivity (Wildman–Crippen MR) is 44.7 cm³/mol. The SMILES string of the molecule is NCc1c(CO)ncc(O)c1C(F)F. The van der Waals surface area contributed by atoms with Gasteiger partial charge in [-0.05, 0) is 0 Å². The van der Waals surface area contributed by atoms with Crippen LogP contribution in [-0.4, -0.2) is 15.2 Å². The number of rotatable bonds is 3. The summed E-state index contributed by atoms with van der Waals surface area (Å²) in [6, 6.07) is 0. The predicted octanol–water partition coefficient (Wildman–Crippen LogP) is 0.676. The Bertz CT molecular complexity index is 331. The number of halogens is 2. The van der Waals surface area contributed by atoms with E-state index in [1.54, 1.807) is 0 Å². The number of alkyl halides is 2. The molecule has 0 bridgehead atoms. The highest BCUT2D eigenvalue weighted by Gasteiger charge is 2.20.